The first-order valence-corrected chi connectivity index (χ1v) is 7.18. The Morgan fingerprint density at radius 3 is 2.38 bits per heavy atom. The van der Waals surface area contributed by atoms with Crippen LogP contribution in [0.1, 0.15) is 24.0 Å². The Balaban J connectivity index is 2.02. The summed E-state index contributed by atoms with van der Waals surface area (Å²) in [6.07, 6.45) is -3.98. The van der Waals surface area contributed by atoms with Gasteiger partial charge in [-0.05, 0) is 17.7 Å². The van der Waals surface area contributed by atoms with Crippen LogP contribution < -0.4 is 5.43 Å². The van der Waals surface area contributed by atoms with Gasteiger partial charge in [-0.3, -0.25) is 4.79 Å². The third-order valence-corrected chi connectivity index (χ3v) is 3.73. The predicted molar refractivity (Wildman–Crippen MR) is 80.8 cm³/mol. The second-order valence-electron chi connectivity index (χ2n) is 5.33. The van der Waals surface area contributed by atoms with Crippen molar-refractivity contribution >= 4 is 11.6 Å². The van der Waals surface area contributed by atoms with Crippen LogP contribution in [0, 0.1) is 5.82 Å². The Labute approximate surface area is 135 Å². The number of amides is 1. The van der Waals surface area contributed by atoms with E-state index < -0.39 is 17.6 Å². The number of rotatable bonds is 2. The van der Waals surface area contributed by atoms with Crippen LogP contribution in [0.3, 0.4) is 0 Å². The van der Waals surface area contributed by atoms with Gasteiger partial charge in [-0.2, -0.15) is 18.3 Å². The average molecular weight is 336 g/mol. The second kappa shape index (κ2) is 6.07. The standard InChI is InChI=1S/C17H12F4N2O/c18-14-9-10(15-7-8-16(24)23-22-15)5-6-12(14)11-3-1-2-4-13(11)17(19,20)21/h1-6,9H,7-8H2,(H,23,24). The van der Waals surface area contributed by atoms with Crippen molar-refractivity contribution in [2.75, 3.05) is 0 Å². The highest BCUT2D eigenvalue weighted by molar-refractivity contribution is 6.04. The van der Waals surface area contributed by atoms with Crippen molar-refractivity contribution in [2.24, 2.45) is 5.10 Å². The molecule has 7 heteroatoms. The van der Waals surface area contributed by atoms with Gasteiger partial charge < -0.3 is 0 Å². The molecular formula is C17H12F4N2O. The number of halogens is 4. The minimum atomic E-state index is -4.57. The number of hydrogen-bond donors (Lipinski definition) is 1. The Kier molecular flexibility index (Phi) is 4.09. The molecule has 0 aliphatic carbocycles. The molecule has 0 spiro atoms. The molecule has 1 N–H and O–H groups in total. The number of carbonyl (C=O) groups is 1. The molecule has 2 aromatic carbocycles. The van der Waals surface area contributed by atoms with Crippen LogP contribution in [0.4, 0.5) is 17.6 Å². The van der Waals surface area contributed by atoms with E-state index in [1.165, 1.54) is 30.3 Å². The molecule has 1 aliphatic rings. The van der Waals surface area contributed by atoms with Crippen LogP contribution in [0.15, 0.2) is 47.6 Å². The zero-order chi connectivity index (χ0) is 17.3. The molecule has 2 aromatic rings. The normalized spacial score (nSPS) is 15.0. The van der Waals surface area contributed by atoms with Crippen molar-refractivity contribution < 1.29 is 22.4 Å². The van der Waals surface area contributed by atoms with Gasteiger partial charge in [0.1, 0.15) is 5.82 Å². The van der Waals surface area contributed by atoms with Gasteiger partial charge in [0.15, 0.2) is 0 Å². The van der Waals surface area contributed by atoms with Gasteiger partial charge in [0, 0.05) is 24.0 Å². The molecule has 0 saturated heterocycles. The van der Waals surface area contributed by atoms with Crippen molar-refractivity contribution in [3.63, 3.8) is 0 Å². The van der Waals surface area contributed by atoms with Gasteiger partial charge in [-0.1, -0.05) is 30.3 Å². The number of nitrogens with one attached hydrogen (secondary N) is 1. The van der Waals surface area contributed by atoms with Gasteiger partial charge in [0.2, 0.25) is 5.91 Å². The Morgan fingerprint density at radius 1 is 1.00 bits per heavy atom. The lowest BCUT2D eigenvalue weighted by Gasteiger charge is -2.15. The van der Waals surface area contributed by atoms with Crippen molar-refractivity contribution in [1.29, 1.82) is 0 Å². The van der Waals surface area contributed by atoms with E-state index >= 15 is 0 Å². The fraction of sp³-hybridized carbons (Fsp3) is 0.176. The zero-order valence-corrected chi connectivity index (χ0v) is 12.3. The maximum atomic E-state index is 14.4. The van der Waals surface area contributed by atoms with E-state index in [2.05, 4.69) is 10.5 Å². The summed E-state index contributed by atoms with van der Waals surface area (Å²) >= 11 is 0. The van der Waals surface area contributed by atoms with Gasteiger partial charge >= 0.3 is 6.18 Å². The van der Waals surface area contributed by atoms with Crippen molar-refractivity contribution in [2.45, 2.75) is 19.0 Å². The summed E-state index contributed by atoms with van der Waals surface area (Å²) in [5.41, 5.74) is 1.99. The summed E-state index contributed by atoms with van der Waals surface area (Å²) in [6, 6.07) is 8.79. The largest absolute Gasteiger partial charge is 0.417 e. The predicted octanol–water partition coefficient (Wildman–Crippen LogP) is 4.13. The van der Waals surface area contributed by atoms with Crippen LogP contribution in [0.5, 0.6) is 0 Å². The quantitative estimate of drug-likeness (QED) is 0.824. The zero-order valence-electron chi connectivity index (χ0n) is 12.3. The first-order valence-electron chi connectivity index (χ1n) is 7.18. The van der Waals surface area contributed by atoms with E-state index in [1.54, 1.807) is 0 Å². The first kappa shape index (κ1) is 16.2. The number of alkyl halides is 3. The van der Waals surface area contributed by atoms with Gasteiger partial charge in [0.25, 0.3) is 0 Å². The van der Waals surface area contributed by atoms with E-state index in [9.17, 15) is 22.4 Å². The summed E-state index contributed by atoms with van der Waals surface area (Å²) in [5.74, 6) is -1.00. The number of nitrogens with zero attached hydrogens (tertiary/aromatic N) is 1. The van der Waals surface area contributed by atoms with E-state index in [0.717, 1.165) is 12.1 Å². The summed E-state index contributed by atoms with van der Waals surface area (Å²) in [6.45, 7) is 0. The summed E-state index contributed by atoms with van der Waals surface area (Å²) in [5, 5.41) is 3.85. The smallest absolute Gasteiger partial charge is 0.273 e. The Morgan fingerprint density at radius 2 is 1.75 bits per heavy atom. The van der Waals surface area contributed by atoms with Crippen LogP contribution >= 0.6 is 0 Å². The number of benzene rings is 2. The van der Waals surface area contributed by atoms with Crippen LogP contribution in [0.2, 0.25) is 0 Å². The highest BCUT2D eigenvalue weighted by Gasteiger charge is 2.33. The highest BCUT2D eigenvalue weighted by Crippen LogP contribution is 2.38. The van der Waals surface area contributed by atoms with Crippen LogP contribution in [-0.2, 0) is 11.0 Å². The topological polar surface area (TPSA) is 41.5 Å². The lowest BCUT2D eigenvalue weighted by Crippen LogP contribution is -2.25. The summed E-state index contributed by atoms with van der Waals surface area (Å²) in [4.78, 5) is 11.1. The van der Waals surface area contributed by atoms with Gasteiger partial charge in [-0.15, -0.1) is 0 Å². The third kappa shape index (κ3) is 3.15. The second-order valence-corrected chi connectivity index (χ2v) is 5.33. The number of hydrazone groups is 1. The SMILES string of the molecule is O=C1CCC(c2ccc(-c3ccccc3C(F)(F)F)c(F)c2)=NN1. The molecule has 3 rings (SSSR count). The van der Waals surface area contributed by atoms with Crippen molar-refractivity contribution in [3.05, 3.63) is 59.4 Å². The van der Waals surface area contributed by atoms with E-state index in [1.807, 2.05) is 0 Å². The van der Waals surface area contributed by atoms with Crippen molar-refractivity contribution in [1.82, 2.24) is 5.43 Å². The Hall–Kier alpha value is -2.70. The monoisotopic (exact) mass is 336 g/mol. The molecule has 1 amide bonds. The lowest BCUT2D eigenvalue weighted by molar-refractivity contribution is -0.137. The maximum Gasteiger partial charge on any atom is 0.417 e. The summed E-state index contributed by atoms with van der Waals surface area (Å²) in [7, 11) is 0. The fourth-order valence-electron chi connectivity index (χ4n) is 2.56. The minimum absolute atomic E-state index is 0.132. The third-order valence-electron chi connectivity index (χ3n) is 3.73. The number of carbonyl (C=O) groups excluding carboxylic acids is 1. The Bertz CT molecular complexity index is 828. The molecule has 0 radical (unpaired) electrons. The van der Waals surface area contributed by atoms with Gasteiger partial charge in [0.05, 0.1) is 11.3 Å². The molecule has 0 fully saturated rings. The van der Waals surface area contributed by atoms with Crippen LogP contribution in [-0.4, -0.2) is 11.6 Å². The molecule has 0 aromatic heterocycles. The van der Waals surface area contributed by atoms with Crippen LogP contribution in [0.25, 0.3) is 11.1 Å². The maximum absolute atomic E-state index is 14.4. The van der Waals surface area contributed by atoms with E-state index in [0.29, 0.717) is 17.7 Å². The molecule has 3 nitrogen and oxygen atoms in total. The molecule has 0 atom stereocenters. The summed E-state index contributed by atoms with van der Waals surface area (Å²) < 4.78 is 53.7. The highest BCUT2D eigenvalue weighted by atomic mass is 19.4. The first-order chi connectivity index (χ1) is 11.4. The van der Waals surface area contributed by atoms with E-state index in [-0.39, 0.29) is 23.5 Å². The molecule has 124 valence electrons. The minimum Gasteiger partial charge on any atom is -0.273 e. The van der Waals surface area contributed by atoms with Crippen molar-refractivity contribution in [3.8, 4) is 11.1 Å². The number of hydrogen-bond acceptors (Lipinski definition) is 2. The average Bonchev–Trinajstić information content (AvgIpc) is 2.55. The fourth-order valence-corrected chi connectivity index (χ4v) is 2.56. The molecular weight excluding hydrogens is 324 g/mol. The molecule has 1 aliphatic heterocycles. The lowest BCUT2D eigenvalue weighted by atomic mass is 9.96. The molecule has 0 saturated carbocycles. The molecule has 0 bridgehead atoms. The van der Waals surface area contributed by atoms with Gasteiger partial charge in [-0.25, -0.2) is 9.82 Å². The molecule has 1 heterocycles. The molecule has 0 unspecified atom stereocenters. The van der Waals surface area contributed by atoms with E-state index in [4.69, 9.17) is 0 Å². The molecule has 24 heavy (non-hydrogen) atoms.